The van der Waals surface area contributed by atoms with E-state index in [4.69, 9.17) is 9.97 Å². The summed E-state index contributed by atoms with van der Waals surface area (Å²) in [6, 6.07) is 51.0. The van der Waals surface area contributed by atoms with E-state index in [9.17, 15) is 0 Å². The molecule has 0 fully saturated rings. The minimum absolute atomic E-state index is 0.895. The summed E-state index contributed by atoms with van der Waals surface area (Å²) >= 11 is 0. The van der Waals surface area contributed by atoms with Crippen LogP contribution in [0.4, 0.5) is 0 Å². The molecular weight excluding hydrogens is 540 g/mol. The third-order valence-corrected chi connectivity index (χ3v) is 8.76. The molecule has 0 atom stereocenters. The monoisotopic (exact) mass is 564 g/mol. The van der Waals surface area contributed by atoms with Gasteiger partial charge in [0.25, 0.3) is 0 Å². The van der Waals surface area contributed by atoms with Gasteiger partial charge in [-0.2, -0.15) is 0 Å². The first-order valence-corrected chi connectivity index (χ1v) is 14.8. The highest BCUT2D eigenvalue weighted by Crippen LogP contribution is 2.40. The molecule has 0 aliphatic heterocycles. The third kappa shape index (κ3) is 3.03. The molecule has 0 saturated heterocycles. The second-order valence-corrected chi connectivity index (χ2v) is 11.2. The van der Waals surface area contributed by atoms with Gasteiger partial charge in [-0.3, -0.25) is 17.9 Å². The number of para-hydroxylation sites is 8. The van der Waals surface area contributed by atoms with Crippen LogP contribution in [0, 0.1) is 0 Å². The molecule has 44 heavy (non-hydrogen) atoms. The summed E-state index contributed by atoms with van der Waals surface area (Å²) < 4.78 is 9.17. The fourth-order valence-electron chi connectivity index (χ4n) is 6.98. The number of nitrogens with zero attached hydrogens (tertiary/aromatic N) is 6. The maximum Gasteiger partial charge on any atom is 0.220 e. The highest BCUT2D eigenvalue weighted by molar-refractivity contribution is 6.07. The van der Waals surface area contributed by atoms with E-state index in [0.29, 0.717) is 0 Å². The van der Waals surface area contributed by atoms with E-state index in [2.05, 4.69) is 164 Å². The maximum atomic E-state index is 5.25. The zero-order valence-corrected chi connectivity index (χ0v) is 23.5. The van der Waals surface area contributed by atoms with Crippen LogP contribution in [0.1, 0.15) is 0 Å². The number of hydrogen-bond acceptors (Lipinski definition) is 2. The number of fused-ring (bicyclic) bond motifs is 10. The van der Waals surface area contributed by atoms with Crippen molar-refractivity contribution in [2.75, 3.05) is 0 Å². The van der Waals surface area contributed by atoms with Crippen LogP contribution in [0.5, 0.6) is 0 Å². The predicted molar refractivity (Wildman–Crippen MR) is 178 cm³/mol. The first-order chi connectivity index (χ1) is 21.9. The minimum Gasteiger partial charge on any atom is -0.278 e. The van der Waals surface area contributed by atoms with Crippen molar-refractivity contribution >= 4 is 55.7 Å². The van der Waals surface area contributed by atoms with Crippen molar-refractivity contribution < 1.29 is 0 Å². The van der Waals surface area contributed by atoms with Crippen LogP contribution in [0.2, 0.25) is 0 Å². The average molecular weight is 565 g/mol. The van der Waals surface area contributed by atoms with Gasteiger partial charge in [0, 0.05) is 22.5 Å². The van der Waals surface area contributed by atoms with Gasteiger partial charge in [0.1, 0.15) is 0 Å². The van der Waals surface area contributed by atoms with Crippen LogP contribution in [-0.4, -0.2) is 27.9 Å². The van der Waals surface area contributed by atoms with Gasteiger partial charge in [0.15, 0.2) is 0 Å². The Morgan fingerprint density at radius 2 is 0.818 bits per heavy atom. The molecular formula is C38H24N6. The lowest BCUT2D eigenvalue weighted by Crippen LogP contribution is -1.94. The van der Waals surface area contributed by atoms with Crippen LogP contribution >= 0.6 is 0 Å². The van der Waals surface area contributed by atoms with Crippen LogP contribution < -0.4 is 0 Å². The standard InChI is InChI=1S/C38H24N6/c1-3-13-25(14-4-1)41-32-22-9-10-23-33(32)44-35-27(17-11-20-30(35)40-38(41)44)28-18-12-24-34-36(28)43-31-21-8-7-19-29(31)39-37(43)42(34)26-15-5-2-6-16-26/h1-24H. The molecule has 0 unspecified atom stereocenters. The van der Waals surface area contributed by atoms with Gasteiger partial charge in [0.05, 0.1) is 44.1 Å². The lowest BCUT2D eigenvalue weighted by Gasteiger charge is -2.09. The minimum atomic E-state index is 0.895. The molecule has 206 valence electrons. The number of benzene rings is 6. The molecule has 0 amide bonds. The second-order valence-electron chi connectivity index (χ2n) is 11.2. The Balaban J connectivity index is 1.38. The molecule has 6 aromatic carbocycles. The molecule has 6 nitrogen and oxygen atoms in total. The van der Waals surface area contributed by atoms with Crippen molar-refractivity contribution in [3.05, 3.63) is 146 Å². The van der Waals surface area contributed by atoms with Gasteiger partial charge in [0.2, 0.25) is 11.6 Å². The number of imidazole rings is 4. The van der Waals surface area contributed by atoms with Crippen molar-refractivity contribution in [3.63, 3.8) is 0 Å². The first kappa shape index (κ1) is 23.4. The Hall–Kier alpha value is -6.14. The lowest BCUT2D eigenvalue weighted by atomic mass is 10.0. The molecule has 0 aliphatic carbocycles. The summed E-state index contributed by atoms with van der Waals surface area (Å²) in [6.07, 6.45) is 0. The van der Waals surface area contributed by atoms with Gasteiger partial charge in [-0.15, -0.1) is 0 Å². The number of hydrogen-bond donors (Lipinski definition) is 0. The quantitative estimate of drug-likeness (QED) is 0.215. The largest absolute Gasteiger partial charge is 0.278 e. The Bertz CT molecular complexity index is 2710. The summed E-state index contributed by atoms with van der Waals surface area (Å²) in [5, 5.41) is 0. The summed E-state index contributed by atoms with van der Waals surface area (Å²) in [5.41, 5.74) is 13.0. The highest BCUT2D eigenvalue weighted by Gasteiger charge is 2.23. The Morgan fingerprint density at radius 3 is 1.55 bits per heavy atom. The second kappa shape index (κ2) is 8.69. The zero-order valence-electron chi connectivity index (χ0n) is 23.5. The SMILES string of the molecule is c1ccc(-n2c3ccccc3n3c4c(-c5cccc6c5n5c7ccccc7nc5n6-c5ccccc5)cccc4nc23)cc1. The molecule has 0 radical (unpaired) electrons. The van der Waals surface area contributed by atoms with E-state index in [-0.39, 0.29) is 0 Å². The number of aromatic nitrogens is 6. The van der Waals surface area contributed by atoms with Crippen LogP contribution in [0.25, 0.3) is 78.2 Å². The van der Waals surface area contributed by atoms with Crippen LogP contribution in [0.3, 0.4) is 0 Å². The smallest absolute Gasteiger partial charge is 0.220 e. The Labute approximate surface area is 251 Å². The fourth-order valence-corrected chi connectivity index (χ4v) is 6.98. The molecule has 10 rings (SSSR count). The molecule has 0 bridgehead atoms. The summed E-state index contributed by atoms with van der Waals surface area (Å²) in [6.45, 7) is 0. The van der Waals surface area contributed by atoms with Gasteiger partial charge in [-0.05, 0) is 60.7 Å². The number of rotatable bonds is 3. The molecule has 4 aromatic heterocycles. The van der Waals surface area contributed by atoms with Crippen molar-refractivity contribution in [2.24, 2.45) is 0 Å². The molecule has 6 heteroatoms. The summed E-state index contributed by atoms with van der Waals surface area (Å²) in [5.74, 6) is 1.79. The fraction of sp³-hybridized carbons (Fsp3) is 0. The topological polar surface area (TPSA) is 44.5 Å². The predicted octanol–water partition coefficient (Wildman–Crippen LogP) is 8.84. The van der Waals surface area contributed by atoms with Gasteiger partial charge in [-0.1, -0.05) is 84.9 Å². The molecule has 4 heterocycles. The maximum absolute atomic E-state index is 5.25. The van der Waals surface area contributed by atoms with E-state index < -0.39 is 0 Å². The van der Waals surface area contributed by atoms with E-state index in [0.717, 1.165) is 78.2 Å². The van der Waals surface area contributed by atoms with Gasteiger partial charge in [-0.25, -0.2) is 9.97 Å². The van der Waals surface area contributed by atoms with Crippen molar-refractivity contribution in [1.29, 1.82) is 0 Å². The average Bonchev–Trinajstić information content (AvgIpc) is 3.81. The van der Waals surface area contributed by atoms with Crippen LogP contribution in [-0.2, 0) is 0 Å². The summed E-state index contributed by atoms with van der Waals surface area (Å²) in [4.78, 5) is 10.4. The molecule has 0 N–H and O–H groups in total. The Morgan fingerprint density at radius 1 is 0.341 bits per heavy atom. The third-order valence-electron chi connectivity index (χ3n) is 8.76. The van der Waals surface area contributed by atoms with Crippen molar-refractivity contribution in [2.45, 2.75) is 0 Å². The molecule has 0 saturated carbocycles. The lowest BCUT2D eigenvalue weighted by molar-refractivity contribution is 1.11. The van der Waals surface area contributed by atoms with Crippen LogP contribution in [0.15, 0.2) is 146 Å². The van der Waals surface area contributed by atoms with Gasteiger partial charge >= 0.3 is 0 Å². The van der Waals surface area contributed by atoms with Crippen molar-refractivity contribution in [1.82, 2.24) is 27.9 Å². The first-order valence-electron chi connectivity index (χ1n) is 14.8. The highest BCUT2D eigenvalue weighted by atomic mass is 15.2. The normalized spacial score (nSPS) is 12.1. The van der Waals surface area contributed by atoms with E-state index >= 15 is 0 Å². The van der Waals surface area contributed by atoms with E-state index in [1.54, 1.807) is 0 Å². The van der Waals surface area contributed by atoms with E-state index in [1.807, 2.05) is 0 Å². The van der Waals surface area contributed by atoms with Gasteiger partial charge < -0.3 is 0 Å². The Kier molecular flexibility index (Phi) is 4.63. The molecule has 0 spiro atoms. The van der Waals surface area contributed by atoms with E-state index in [1.165, 1.54) is 0 Å². The zero-order chi connectivity index (χ0) is 28.8. The molecule has 0 aliphatic rings. The van der Waals surface area contributed by atoms with Crippen molar-refractivity contribution in [3.8, 4) is 22.5 Å². The molecule has 10 aromatic rings. The summed E-state index contributed by atoms with van der Waals surface area (Å²) in [7, 11) is 0.